The second-order valence-electron chi connectivity index (χ2n) is 4.15. The Morgan fingerprint density at radius 1 is 0.889 bits per heavy atom. The Bertz CT molecular complexity index is 277. The molecule has 0 fully saturated rings. The molecule has 0 amide bonds. The van der Waals surface area contributed by atoms with Gasteiger partial charge in [0.15, 0.2) is 0 Å². The molecule has 0 aliphatic rings. The van der Waals surface area contributed by atoms with Gasteiger partial charge in [-0.2, -0.15) is 8.42 Å². The van der Waals surface area contributed by atoms with Gasteiger partial charge in [0.05, 0.1) is 5.41 Å². The summed E-state index contributed by atoms with van der Waals surface area (Å²) in [7, 11) is -3.91. The molecule has 0 heterocycles. The number of hydrogen-bond donors (Lipinski definition) is 1. The summed E-state index contributed by atoms with van der Waals surface area (Å²) in [5, 5.41) is 0.869. The van der Waals surface area contributed by atoms with E-state index in [2.05, 4.69) is 6.92 Å². The third-order valence-electron chi connectivity index (χ3n) is 2.49. The summed E-state index contributed by atoms with van der Waals surface area (Å²) in [5.74, 6) is 0. The fraction of sp³-hybridized carbons (Fsp3) is 0.833. The first kappa shape index (κ1) is 24.7. The Morgan fingerprint density at radius 2 is 1.33 bits per heavy atom. The summed E-state index contributed by atoms with van der Waals surface area (Å²) < 4.78 is 29.1. The molecule has 1 N–H and O–H groups in total. The van der Waals surface area contributed by atoms with Crippen molar-refractivity contribution < 1.29 is 13.0 Å². The molecule has 0 aromatic heterocycles. The van der Waals surface area contributed by atoms with Crippen LogP contribution in [0.25, 0.3) is 0 Å². The molecule has 0 saturated heterocycles. The molecule has 18 heavy (non-hydrogen) atoms. The molecule has 0 bridgehead atoms. The van der Waals surface area contributed by atoms with E-state index in [9.17, 15) is 8.42 Å². The number of allylic oxidation sites excluding steroid dienone is 1. The Balaban J connectivity index is -0.00000112. The van der Waals surface area contributed by atoms with Crippen molar-refractivity contribution in [1.29, 1.82) is 0 Å². The van der Waals surface area contributed by atoms with Gasteiger partial charge in [0.1, 0.15) is 0 Å². The van der Waals surface area contributed by atoms with E-state index < -0.39 is 10.1 Å². The van der Waals surface area contributed by atoms with Crippen LogP contribution in [0.15, 0.2) is 11.5 Å². The first-order chi connectivity index (χ1) is 7.56. The van der Waals surface area contributed by atoms with Gasteiger partial charge in [-0.05, 0) is 12.8 Å². The van der Waals surface area contributed by atoms with Crippen molar-refractivity contribution in [3.8, 4) is 0 Å². The molecule has 0 aromatic carbocycles. The van der Waals surface area contributed by atoms with Crippen molar-refractivity contribution in [3.05, 3.63) is 11.5 Å². The molecular weight excluding hydrogens is 270 g/mol. The summed E-state index contributed by atoms with van der Waals surface area (Å²) >= 11 is 0. The summed E-state index contributed by atoms with van der Waals surface area (Å²) in [5.41, 5.74) is 0. The van der Waals surface area contributed by atoms with E-state index in [4.69, 9.17) is 4.55 Å². The second-order valence-corrected chi connectivity index (χ2v) is 5.45. The zero-order valence-corrected chi connectivity index (χ0v) is 11.0. The second kappa shape index (κ2) is 16.7. The first-order valence-corrected chi connectivity index (χ1v) is 7.70. The Hall–Kier alpha value is 1.65. The van der Waals surface area contributed by atoms with Gasteiger partial charge in [0, 0.05) is 0 Å². The van der Waals surface area contributed by atoms with Crippen LogP contribution in [0.3, 0.4) is 0 Å². The van der Waals surface area contributed by atoms with E-state index >= 15 is 0 Å². The molecule has 0 spiro atoms. The minimum absolute atomic E-state index is 0. The predicted molar refractivity (Wildman–Crippen MR) is 82.2 cm³/mol. The molecule has 3 nitrogen and oxygen atoms in total. The summed E-state index contributed by atoms with van der Waals surface area (Å²) in [6, 6.07) is 0. The summed E-state index contributed by atoms with van der Waals surface area (Å²) in [4.78, 5) is 0. The van der Waals surface area contributed by atoms with Gasteiger partial charge in [-0.15, -0.1) is 0 Å². The normalized spacial score (nSPS) is 11.0. The van der Waals surface area contributed by atoms with Crippen molar-refractivity contribution >= 4 is 69.2 Å². The molecule has 100 valence electrons. The van der Waals surface area contributed by atoms with Gasteiger partial charge in [-0.1, -0.05) is 57.9 Å². The van der Waals surface area contributed by atoms with Gasteiger partial charge in [-0.25, -0.2) is 0 Å². The summed E-state index contributed by atoms with van der Waals surface area (Å²) in [6.45, 7) is 2.21. The van der Waals surface area contributed by atoms with Crippen LogP contribution in [0.5, 0.6) is 0 Å². The van der Waals surface area contributed by atoms with Crippen molar-refractivity contribution in [2.45, 2.75) is 64.7 Å². The van der Waals surface area contributed by atoms with Gasteiger partial charge in [-0.3, -0.25) is 4.55 Å². The van der Waals surface area contributed by atoms with Crippen molar-refractivity contribution in [3.63, 3.8) is 0 Å². The zero-order valence-electron chi connectivity index (χ0n) is 10.2. The molecule has 0 saturated carbocycles. The molecule has 0 aliphatic heterocycles. The predicted octanol–water partition coefficient (Wildman–Crippen LogP) is 2.62. The van der Waals surface area contributed by atoms with Crippen LogP contribution in [-0.4, -0.2) is 72.1 Å². The van der Waals surface area contributed by atoms with E-state index in [1.165, 1.54) is 44.6 Å². The third kappa shape index (κ3) is 22.8. The molecule has 0 aromatic rings. The summed E-state index contributed by atoms with van der Waals surface area (Å²) in [6.07, 6.45) is 12.2. The van der Waals surface area contributed by atoms with Crippen molar-refractivity contribution in [1.82, 2.24) is 0 Å². The SMILES string of the molecule is CCCCCCCCCCC=CS(=O)(=O)O.[NaH].[NaH]. The fourth-order valence-corrected chi connectivity index (χ4v) is 1.96. The Labute approximate surface area is 157 Å². The molecule has 0 rings (SSSR count). The average Bonchev–Trinajstić information content (AvgIpc) is 2.19. The maximum absolute atomic E-state index is 10.3. The Morgan fingerprint density at radius 3 is 1.78 bits per heavy atom. The van der Waals surface area contributed by atoms with Crippen molar-refractivity contribution in [2.75, 3.05) is 0 Å². The molecule has 0 aliphatic carbocycles. The molecule has 0 radical (unpaired) electrons. The quantitative estimate of drug-likeness (QED) is 0.383. The van der Waals surface area contributed by atoms with E-state index in [1.807, 2.05) is 0 Å². The van der Waals surface area contributed by atoms with Crippen LogP contribution in [0, 0.1) is 0 Å². The molecule has 0 atom stereocenters. The van der Waals surface area contributed by atoms with E-state index in [-0.39, 0.29) is 59.1 Å². The maximum atomic E-state index is 10.3. The minimum atomic E-state index is -3.91. The number of rotatable bonds is 10. The van der Waals surface area contributed by atoms with Gasteiger partial charge < -0.3 is 0 Å². The standard InChI is InChI=1S/C12H24O3S.2Na.2H/c1-2-3-4-5-6-7-8-9-10-11-12-16(13,14)15;;;;/h11-12H,2-10H2,1H3,(H,13,14,15);;;;. The van der Waals surface area contributed by atoms with Crippen molar-refractivity contribution in [2.24, 2.45) is 0 Å². The molecule has 0 unspecified atom stereocenters. The average molecular weight is 296 g/mol. The van der Waals surface area contributed by atoms with E-state index in [1.54, 1.807) is 0 Å². The van der Waals surface area contributed by atoms with Crippen LogP contribution in [0.2, 0.25) is 0 Å². The van der Waals surface area contributed by atoms with Gasteiger partial charge in [0.2, 0.25) is 0 Å². The van der Waals surface area contributed by atoms with Crippen LogP contribution in [0.4, 0.5) is 0 Å². The van der Waals surface area contributed by atoms with Crippen LogP contribution < -0.4 is 0 Å². The number of hydrogen-bond acceptors (Lipinski definition) is 2. The van der Waals surface area contributed by atoms with E-state index in [0.29, 0.717) is 0 Å². The van der Waals surface area contributed by atoms with Crippen LogP contribution >= 0.6 is 0 Å². The molecular formula is C12H26Na2O3S. The van der Waals surface area contributed by atoms with Crippen LogP contribution in [-0.2, 0) is 10.1 Å². The molecule has 6 heteroatoms. The monoisotopic (exact) mass is 296 g/mol. The first-order valence-electron chi connectivity index (χ1n) is 6.20. The third-order valence-corrected chi connectivity index (χ3v) is 3.03. The van der Waals surface area contributed by atoms with Gasteiger partial charge in [0.25, 0.3) is 10.1 Å². The topological polar surface area (TPSA) is 54.4 Å². The number of unbranched alkanes of at least 4 members (excludes halogenated alkanes) is 8. The Kier molecular flexibility index (Phi) is 22.9. The zero-order chi connectivity index (χ0) is 12.3. The van der Waals surface area contributed by atoms with Gasteiger partial charge >= 0.3 is 59.1 Å². The van der Waals surface area contributed by atoms with E-state index in [0.717, 1.165) is 24.7 Å². The fourth-order valence-electron chi connectivity index (χ4n) is 1.59. The van der Waals surface area contributed by atoms with Crippen LogP contribution in [0.1, 0.15) is 64.7 Å².